The van der Waals surface area contributed by atoms with Crippen LogP contribution in [0, 0.1) is 29.1 Å². The highest BCUT2D eigenvalue weighted by Crippen LogP contribution is 2.40. The molecule has 0 spiro atoms. The SMILES string of the molecule is CC1CCC(C(=O)N2c3cc(C#CC(C)(C)C)sc3C(=O)O[C@H]2CCOc2cccnc2)CC1. The van der Waals surface area contributed by atoms with Gasteiger partial charge in [-0.2, -0.15) is 0 Å². The van der Waals surface area contributed by atoms with Crippen LogP contribution in [0.15, 0.2) is 30.6 Å². The minimum Gasteiger partial charge on any atom is -0.492 e. The Kier molecular flexibility index (Phi) is 7.27. The van der Waals surface area contributed by atoms with Crippen molar-refractivity contribution in [3.05, 3.63) is 40.3 Å². The number of carbonyl (C=O) groups excluding carboxylic acids is 2. The Morgan fingerprint density at radius 3 is 2.74 bits per heavy atom. The fourth-order valence-corrected chi connectivity index (χ4v) is 5.15. The number of carbonyl (C=O) groups is 2. The van der Waals surface area contributed by atoms with Crippen LogP contribution in [0.4, 0.5) is 5.69 Å². The van der Waals surface area contributed by atoms with Crippen molar-refractivity contribution in [2.45, 2.75) is 66.0 Å². The van der Waals surface area contributed by atoms with Crippen LogP contribution < -0.4 is 9.64 Å². The average Bonchev–Trinajstić information content (AvgIpc) is 3.23. The smallest absolute Gasteiger partial charge is 0.352 e. The highest BCUT2D eigenvalue weighted by molar-refractivity contribution is 7.15. The zero-order valence-corrected chi connectivity index (χ0v) is 21.1. The van der Waals surface area contributed by atoms with E-state index in [1.807, 2.05) is 32.9 Å². The standard InChI is InChI=1S/C27H32N2O4S/c1-18-7-9-19(10-8-18)25(30)29-22-16-21(11-13-27(2,3)4)34-24(22)26(31)33-23(29)12-15-32-20-6-5-14-28-17-20/h5-6,14,16-19,23H,7-10,12,15H2,1-4H3/t18?,19?,23-/m0/s1. The minimum atomic E-state index is -0.707. The quantitative estimate of drug-likeness (QED) is 0.408. The second kappa shape index (κ2) is 10.2. The van der Waals surface area contributed by atoms with Crippen molar-refractivity contribution in [2.24, 2.45) is 17.3 Å². The number of cyclic esters (lactones) is 1. The van der Waals surface area contributed by atoms with Gasteiger partial charge in [-0.25, -0.2) is 4.79 Å². The van der Waals surface area contributed by atoms with Crippen LogP contribution in [0.1, 0.15) is 74.3 Å². The van der Waals surface area contributed by atoms with Gasteiger partial charge in [0.15, 0.2) is 6.23 Å². The number of fused-ring (bicyclic) bond motifs is 1. The number of anilines is 1. The molecule has 4 rings (SSSR count). The van der Waals surface area contributed by atoms with Crippen molar-refractivity contribution < 1.29 is 19.1 Å². The van der Waals surface area contributed by atoms with E-state index in [9.17, 15) is 9.59 Å². The molecule has 0 unspecified atom stereocenters. The summed E-state index contributed by atoms with van der Waals surface area (Å²) >= 11 is 1.29. The molecule has 6 nitrogen and oxygen atoms in total. The molecule has 0 saturated heterocycles. The molecule has 2 aliphatic rings. The first kappa shape index (κ1) is 24.3. The molecule has 7 heteroatoms. The zero-order valence-electron chi connectivity index (χ0n) is 20.3. The molecule has 1 saturated carbocycles. The van der Waals surface area contributed by atoms with Crippen LogP contribution in [0.3, 0.4) is 0 Å². The minimum absolute atomic E-state index is 0.0279. The molecule has 2 aromatic heterocycles. The molecule has 0 aromatic carbocycles. The summed E-state index contributed by atoms with van der Waals surface area (Å²) < 4.78 is 11.6. The highest BCUT2D eigenvalue weighted by atomic mass is 32.1. The Labute approximate surface area is 205 Å². The first-order valence-electron chi connectivity index (χ1n) is 11.9. The van der Waals surface area contributed by atoms with Gasteiger partial charge in [0, 0.05) is 24.0 Å². The molecular formula is C27H32N2O4S. The Morgan fingerprint density at radius 2 is 2.06 bits per heavy atom. The van der Waals surface area contributed by atoms with Gasteiger partial charge >= 0.3 is 5.97 Å². The fraction of sp³-hybridized carbons (Fsp3) is 0.519. The van der Waals surface area contributed by atoms with Crippen molar-refractivity contribution in [3.63, 3.8) is 0 Å². The third-order valence-corrected chi connectivity index (χ3v) is 7.14. The van der Waals surface area contributed by atoms with Gasteiger partial charge in [0.2, 0.25) is 5.91 Å². The van der Waals surface area contributed by atoms with E-state index in [2.05, 4.69) is 23.7 Å². The number of nitrogens with zero attached hydrogens (tertiary/aromatic N) is 2. The van der Waals surface area contributed by atoms with Crippen molar-refractivity contribution >= 4 is 28.9 Å². The largest absolute Gasteiger partial charge is 0.492 e. The van der Waals surface area contributed by atoms with Gasteiger partial charge in [0.1, 0.15) is 10.6 Å². The number of hydrogen-bond acceptors (Lipinski definition) is 6. The van der Waals surface area contributed by atoms with E-state index in [0.717, 1.165) is 30.6 Å². The number of pyridine rings is 1. The Hall–Kier alpha value is -2.85. The summed E-state index contributed by atoms with van der Waals surface area (Å²) in [5, 5.41) is 0. The van der Waals surface area contributed by atoms with E-state index in [0.29, 0.717) is 35.3 Å². The number of thiophene rings is 1. The highest BCUT2D eigenvalue weighted by Gasteiger charge is 2.41. The number of hydrogen-bond donors (Lipinski definition) is 0. The van der Waals surface area contributed by atoms with Gasteiger partial charge in [-0.05, 0) is 70.6 Å². The van der Waals surface area contributed by atoms with Gasteiger partial charge in [-0.3, -0.25) is 14.7 Å². The lowest BCUT2D eigenvalue weighted by molar-refractivity contribution is -0.126. The van der Waals surface area contributed by atoms with Crippen LogP contribution in [0.25, 0.3) is 0 Å². The number of ether oxygens (including phenoxy) is 2. The Morgan fingerprint density at radius 1 is 1.29 bits per heavy atom. The zero-order chi connectivity index (χ0) is 24.3. The molecule has 180 valence electrons. The van der Waals surface area contributed by atoms with Crippen molar-refractivity contribution in [1.82, 2.24) is 4.98 Å². The van der Waals surface area contributed by atoms with E-state index in [1.54, 1.807) is 23.4 Å². The van der Waals surface area contributed by atoms with Crippen LogP contribution >= 0.6 is 11.3 Å². The Bertz CT molecular complexity index is 1090. The van der Waals surface area contributed by atoms with Crippen LogP contribution in [-0.2, 0) is 9.53 Å². The average molecular weight is 481 g/mol. The van der Waals surface area contributed by atoms with Gasteiger partial charge < -0.3 is 9.47 Å². The third kappa shape index (κ3) is 5.79. The second-order valence-corrected chi connectivity index (χ2v) is 11.2. The molecular weight excluding hydrogens is 448 g/mol. The molecule has 0 bridgehead atoms. The number of aromatic nitrogens is 1. The molecule has 34 heavy (non-hydrogen) atoms. The number of amides is 1. The lowest BCUT2D eigenvalue weighted by atomic mass is 9.82. The summed E-state index contributed by atoms with van der Waals surface area (Å²) in [7, 11) is 0. The second-order valence-electron chi connectivity index (χ2n) is 10.2. The predicted octanol–water partition coefficient (Wildman–Crippen LogP) is 5.67. The van der Waals surface area contributed by atoms with Crippen LogP contribution in [0.5, 0.6) is 5.75 Å². The number of esters is 1. The first-order valence-corrected chi connectivity index (χ1v) is 12.8. The van der Waals surface area contributed by atoms with E-state index in [-0.39, 0.29) is 17.2 Å². The van der Waals surface area contributed by atoms with Crippen molar-refractivity contribution in [3.8, 4) is 17.6 Å². The maximum Gasteiger partial charge on any atom is 0.352 e. The van der Waals surface area contributed by atoms with E-state index < -0.39 is 12.2 Å². The normalized spacial score (nSPS) is 22.3. The van der Waals surface area contributed by atoms with E-state index in [1.165, 1.54) is 11.3 Å². The molecule has 1 aliphatic heterocycles. The number of rotatable bonds is 5. The molecule has 1 atom stereocenters. The van der Waals surface area contributed by atoms with Crippen LogP contribution in [-0.4, -0.2) is 29.7 Å². The van der Waals surface area contributed by atoms with E-state index in [4.69, 9.17) is 9.47 Å². The molecule has 0 N–H and O–H groups in total. The van der Waals surface area contributed by atoms with Gasteiger partial charge in [0.25, 0.3) is 0 Å². The molecule has 1 aliphatic carbocycles. The van der Waals surface area contributed by atoms with Crippen molar-refractivity contribution in [1.29, 1.82) is 0 Å². The molecule has 1 amide bonds. The van der Waals surface area contributed by atoms with Gasteiger partial charge in [-0.15, -0.1) is 11.3 Å². The molecule has 0 radical (unpaired) electrons. The van der Waals surface area contributed by atoms with Crippen LogP contribution in [0.2, 0.25) is 0 Å². The summed E-state index contributed by atoms with van der Waals surface area (Å²) in [6.45, 7) is 8.66. The lowest BCUT2D eigenvalue weighted by Gasteiger charge is -2.38. The summed E-state index contributed by atoms with van der Waals surface area (Å²) in [5.74, 6) is 7.23. The maximum absolute atomic E-state index is 13.8. The van der Waals surface area contributed by atoms with Crippen molar-refractivity contribution in [2.75, 3.05) is 11.5 Å². The van der Waals surface area contributed by atoms with Gasteiger partial charge in [0.05, 0.1) is 23.4 Å². The fourth-order valence-electron chi connectivity index (χ4n) is 4.26. The Balaban J connectivity index is 1.60. The summed E-state index contributed by atoms with van der Waals surface area (Å²) in [5.41, 5.74) is 0.459. The maximum atomic E-state index is 13.8. The lowest BCUT2D eigenvalue weighted by Crippen LogP contribution is -2.50. The topological polar surface area (TPSA) is 68.7 Å². The van der Waals surface area contributed by atoms with Gasteiger partial charge in [-0.1, -0.05) is 18.8 Å². The first-order chi connectivity index (χ1) is 16.2. The predicted molar refractivity (Wildman–Crippen MR) is 133 cm³/mol. The summed E-state index contributed by atoms with van der Waals surface area (Å²) in [6.07, 6.45) is 6.78. The third-order valence-electron chi connectivity index (χ3n) is 6.12. The molecule has 3 heterocycles. The summed E-state index contributed by atoms with van der Waals surface area (Å²) in [4.78, 5) is 33.6. The molecule has 2 aromatic rings. The molecule has 1 fully saturated rings. The van der Waals surface area contributed by atoms with E-state index >= 15 is 0 Å². The summed E-state index contributed by atoms with van der Waals surface area (Å²) in [6, 6.07) is 5.49. The monoisotopic (exact) mass is 480 g/mol.